The van der Waals surface area contributed by atoms with Crippen LogP contribution in [0.3, 0.4) is 0 Å². The first kappa shape index (κ1) is 14.2. The van der Waals surface area contributed by atoms with Crippen molar-refractivity contribution in [3.8, 4) is 0 Å². The highest BCUT2D eigenvalue weighted by Gasteiger charge is 2.13. The quantitative estimate of drug-likeness (QED) is 0.806. The highest BCUT2D eigenvalue weighted by atomic mass is 19.1. The van der Waals surface area contributed by atoms with Gasteiger partial charge in [-0.3, -0.25) is 0 Å². The molecule has 20 heavy (non-hydrogen) atoms. The lowest BCUT2D eigenvalue weighted by Crippen LogP contribution is -2.08. The number of hydrogen-bond acceptors (Lipinski definition) is 3. The van der Waals surface area contributed by atoms with Gasteiger partial charge in [-0.05, 0) is 17.7 Å². The van der Waals surface area contributed by atoms with Crippen molar-refractivity contribution >= 4 is 5.97 Å². The number of esters is 1. The largest absolute Gasteiger partial charge is 0.465 e. The molecule has 4 nitrogen and oxygen atoms in total. The van der Waals surface area contributed by atoms with Crippen molar-refractivity contribution in [3.63, 3.8) is 0 Å². The molecule has 0 N–H and O–H groups in total. The van der Waals surface area contributed by atoms with Crippen molar-refractivity contribution in [1.82, 2.24) is 9.55 Å². The van der Waals surface area contributed by atoms with Crippen LogP contribution in [0.5, 0.6) is 0 Å². The van der Waals surface area contributed by atoms with Gasteiger partial charge in [0.2, 0.25) is 0 Å². The first-order chi connectivity index (χ1) is 9.52. The van der Waals surface area contributed by atoms with E-state index in [1.807, 2.05) is 10.8 Å². The molecule has 2 aromatic rings. The minimum absolute atomic E-state index is 0.0500. The molecule has 0 atom stereocenters. The van der Waals surface area contributed by atoms with Crippen LogP contribution in [0.4, 0.5) is 4.39 Å². The summed E-state index contributed by atoms with van der Waals surface area (Å²) in [5.74, 6) is 0.00625. The van der Waals surface area contributed by atoms with Gasteiger partial charge in [-0.25, -0.2) is 14.2 Å². The molecule has 0 saturated heterocycles. The van der Waals surface area contributed by atoms with Crippen LogP contribution >= 0.6 is 0 Å². The first-order valence-corrected chi connectivity index (χ1v) is 6.40. The number of ether oxygens (including phenoxy) is 1. The Kier molecular flexibility index (Phi) is 4.17. The second kappa shape index (κ2) is 5.86. The molecule has 1 heterocycles. The van der Waals surface area contributed by atoms with Crippen LogP contribution in [0, 0.1) is 5.82 Å². The predicted molar refractivity (Wildman–Crippen MR) is 73.2 cm³/mol. The molecule has 0 spiro atoms. The van der Waals surface area contributed by atoms with Crippen LogP contribution in [0.1, 0.15) is 41.5 Å². The molecule has 1 aromatic heterocycles. The lowest BCUT2D eigenvalue weighted by atomic mass is 10.1. The Balaban J connectivity index is 2.24. The van der Waals surface area contributed by atoms with E-state index >= 15 is 0 Å². The number of nitrogens with zero attached hydrogens (tertiary/aromatic N) is 2. The minimum atomic E-state index is -0.667. The van der Waals surface area contributed by atoms with Crippen LogP contribution in [-0.2, 0) is 11.3 Å². The Labute approximate surface area is 117 Å². The summed E-state index contributed by atoms with van der Waals surface area (Å²) in [4.78, 5) is 15.6. The fraction of sp³-hybridized carbons (Fsp3) is 0.333. The SMILES string of the molecule is COC(=O)c1ccc(Cn2ccnc2C(C)C)cc1F. The Morgan fingerprint density at radius 1 is 1.45 bits per heavy atom. The molecule has 1 aromatic carbocycles. The molecular weight excluding hydrogens is 259 g/mol. The van der Waals surface area contributed by atoms with Gasteiger partial charge in [0.25, 0.3) is 0 Å². The van der Waals surface area contributed by atoms with Gasteiger partial charge in [-0.1, -0.05) is 19.9 Å². The fourth-order valence-electron chi connectivity index (χ4n) is 2.08. The van der Waals surface area contributed by atoms with E-state index < -0.39 is 11.8 Å². The maximum Gasteiger partial charge on any atom is 0.340 e. The molecule has 0 aliphatic heterocycles. The van der Waals surface area contributed by atoms with Gasteiger partial charge in [-0.15, -0.1) is 0 Å². The summed E-state index contributed by atoms with van der Waals surface area (Å²) < 4.78 is 20.3. The Hall–Kier alpha value is -2.17. The normalized spacial score (nSPS) is 10.8. The van der Waals surface area contributed by atoms with Crippen LogP contribution in [0.25, 0.3) is 0 Å². The molecule has 0 aliphatic carbocycles. The molecule has 0 saturated carbocycles. The van der Waals surface area contributed by atoms with Gasteiger partial charge < -0.3 is 9.30 Å². The topological polar surface area (TPSA) is 44.1 Å². The van der Waals surface area contributed by atoms with E-state index in [9.17, 15) is 9.18 Å². The van der Waals surface area contributed by atoms with Crippen LogP contribution in [0.2, 0.25) is 0 Å². The van der Waals surface area contributed by atoms with Crippen molar-refractivity contribution < 1.29 is 13.9 Å². The van der Waals surface area contributed by atoms with E-state index in [0.717, 1.165) is 11.4 Å². The Bertz CT molecular complexity index is 620. The van der Waals surface area contributed by atoms with Crippen LogP contribution < -0.4 is 0 Å². The monoisotopic (exact) mass is 276 g/mol. The number of carbonyl (C=O) groups excluding carboxylic acids is 1. The molecule has 0 aliphatic rings. The Morgan fingerprint density at radius 3 is 2.80 bits per heavy atom. The average molecular weight is 276 g/mol. The second-order valence-electron chi connectivity index (χ2n) is 4.87. The molecule has 5 heteroatoms. The minimum Gasteiger partial charge on any atom is -0.465 e. The molecule has 2 rings (SSSR count). The van der Waals surface area contributed by atoms with E-state index in [1.54, 1.807) is 12.3 Å². The van der Waals surface area contributed by atoms with Gasteiger partial charge in [-0.2, -0.15) is 0 Å². The van der Waals surface area contributed by atoms with Crippen molar-refractivity contribution in [1.29, 1.82) is 0 Å². The second-order valence-corrected chi connectivity index (χ2v) is 4.87. The first-order valence-electron chi connectivity index (χ1n) is 6.40. The number of methoxy groups -OCH3 is 1. The Morgan fingerprint density at radius 2 is 2.20 bits per heavy atom. The van der Waals surface area contributed by atoms with Crippen LogP contribution in [-0.4, -0.2) is 22.6 Å². The summed E-state index contributed by atoms with van der Waals surface area (Å²) in [5.41, 5.74) is 0.723. The number of carbonyl (C=O) groups is 1. The summed E-state index contributed by atoms with van der Waals surface area (Å²) in [7, 11) is 1.23. The van der Waals surface area contributed by atoms with Gasteiger partial charge in [0.1, 0.15) is 11.6 Å². The summed E-state index contributed by atoms with van der Waals surface area (Å²) in [6.45, 7) is 4.63. The van der Waals surface area contributed by atoms with Gasteiger partial charge in [0, 0.05) is 24.9 Å². The van der Waals surface area contributed by atoms with Crippen molar-refractivity contribution in [2.45, 2.75) is 26.3 Å². The van der Waals surface area contributed by atoms with Crippen molar-refractivity contribution in [3.05, 3.63) is 53.4 Å². The molecule has 0 radical (unpaired) electrons. The third kappa shape index (κ3) is 2.87. The third-order valence-electron chi connectivity index (χ3n) is 3.06. The molecular formula is C15H17FN2O2. The smallest absolute Gasteiger partial charge is 0.340 e. The zero-order valence-electron chi connectivity index (χ0n) is 11.8. The highest BCUT2D eigenvalue weighted by Crippen LogP contribution is 2.16. The van der Waals surface area contributed by atoms with Gasteiger partial charge in [0.15, 0.2) is 0 Å². The van der Waals surface area contributed by atoms with Crippen molar-refractivity contribution in [2.75, 3.05) is 7.11 Å². The van der Waals surface area contributed by atoms with E-state index in [4.69, 9.17) is 0 Å². The average Bonchev–Trinajstić information content (AvgIpc) is 2.86. The summed E-state index contributed by atoms with van der Waals surface area (Å²) >= 11 is 0. The van der Waals surface area contributed by atoms with E-state index in [0.29, 0.717) is 12.5 Å². The number of halogens is 1. The predicted octanol–water partition coefficient (Wildman–Crippen LogP) is 2.98. The van der Waals surface area contributed by atoms with E-state index in [1.165, 1.54) is 19.2 Å². The third-order valence-corrected chi connectivity index (χ3v) is 3.06. The number of rotatable bonds is 4. The maximum absolute atomic E-state index is 13.8. The maximum atomic E-state index is 13.8. The zero-order valence-corrected chi connectivity index (χ0v) is 11.8. The summed E-state index contributed by atoms with van der Waals surface area (Å²) in [6.07, 6.45) is 3.59. The zero-order chi connectivity index (χ0) is 14.7. The lowest BCUT2D eigenvalue weighted by Gasteiger charge is -2.11. The summed E-state index contributed by atoms with van der Waals surface area (Å²) in [6, 6.07) is 4.53. The molecule has 106 valence electrons. The fourth-order valence-corrected chi connectivity index (χ4v) is 2.08. The van der Waals surface area contributed by atoms with Gasteiger partial charge in [0.05, 0.1) is 12.7 Å². The molecule has 0 bridgehead atoms. The lowest BCUT2D eigenvalue weighted by molar-refractivity contribution is 0.0595. The van der Waals surface area contributed by atoms with Crippen LogP contribution in [0.15, 0.2) is 30.6 Å². The van der Waals surface area contributed by atoms with E-state index in [2.05, 4.69) is 23.6 Å². The molecule has 0 amide bonds. The number of benzene rings is 1. The van der Waals surface area contributed by atoms with Crippen molar-refractivity contribution in [2.24, 2.45) is 0 Å². The number of hydrogen-bond donors (Lipinski definition) is 0. The molecule has 0 fully saturated rings. The molecule has 0 unspecified atom stereocenters. The van der Waals surface area contributed by atoms with E-state index in [-0.39, 0.29) is 5.56 Å². The highest BCUT2D eigenvalue weighted by molar-refractivity contribution is 5.89. The standard InChI is InChI=1S/C15H17FN2O2/c1-10(2)14-17-6-7-18(14)9-11-4-5-12(13(16)8-11)15(19)20-3/h4-8,10H,9H2,1-3H3. The van der Waals surface area contributed by atoms with Gasteiger partial charge >= 0.3 is 5.97 Å². The number of imidazole rings is 1. The number of aromatic nitrogens is 2. The summed E-state index contributed by atoms with van der Waals surface area (Å²) in [5, 5.41) is 0.